The number of fused-ring (bicyclic) bond motifs is 1. The largest absolute Gasteiger partial charge is 0.494 e. The van der Waals surface area contributed by atoms with Gasteiger partial charge in [-0.05, 0) is 83.6 Å². The third-order valence-electron chi connectivity index (χ3n) is 6.14. The summed E-state index contributed by atoms with van der Waals surface area (Å²) in [5.41, 5.74) is 2.22. The van der Waals surface area contributed by atoms with Crippen LogP contribution in [0.2, 0.25) is 0 Å². The summed E-state index contributed by atoms with van der Waals surface area (Å²) < 4.78 is 12.6. The van der Waals surface area contributed by atoms with Crippen LogP contribution >= 0.6 is 27.7 Å². The van der Waals surface area contributed by atoms with Crippen LogP contribution in [0.5, 0.6) is 11.5 Å². The van der Waals surface area contributed by atoms with E-state index in [4.69, 9.17) is 9.47 Å². The molecule has 0 aliphatic carbocycles. The molecule has 0 bridgehead atoms. The topological polar surface area (TPSA) is 84.9 Å². The highest BCUT2D eigenvalue weighted by atomic mass is 79.9. The molecule has 1 heterocycles. The van der Waals surface area contributed by atoms with Gasteiger partial charge in [0.05, 0.1) is 11.5 Å². The molecule has 5 rings (SSSR count). The number of carbonyl (C=O) groups excluding carboxylic acids is 3. The summed E-state index contributed by atoms with van der Waals surface area (Å²) in [5, 5.41) is 4.07. The van der Waals surface area contributed by atoms with E-state index in [2.05, 4.69) is 21.2 Å². The quantitative estimate of drug-likeness (QED) is 0.199. The Bertz CT molecular complexity index is 1600. The standard InChI is InChI=1S/C31H25BrN2O5S/c1-2-38-24-14-12-23(13-15-24)33-29(35)18-34-30(36)28(40-31(34)37)17-26-25-6-4-3-5-21(25)9-16-27(26)39-19-20-7-10-22(32)11-8-20/h3-17H,2,18-19H2,1H3,(H,33,35)/b28-17+. The number of carbonyl (C=O) groups is 3. The molecule has 3 amide bonds. The van der Waals surface area contributed by atoms with E-state index in [1.807, 2.05) is 67.6 Å². The second-order valence-corrected chi connectivity index (χ2v) is 10.8. The summed E-state index contributed by atoms with van der Waals surface area (Å²) in [6, 6.07) is 26.3. The fraction of sp³-hybridized carbons (Fsp3) is 0.129. The number of nitrogens with one attached hydrogen (secondary N) is 1. The van der Waals surface area contributed by atoms with Gasteiger partial charge in [0.2, 0.25) is 5.91 Å². The zero-order chi connectivity index (χ0) is 28.1. The smallest absolute Gasteiger partial charge is 0.294 e. The normalized spacial score (nSPS) is 14.2. The number of benzene rings is 4. The summed E-state index contributed by atoms with van der Waals surface area (Å²) in [6.45, 7) is 2.37. The number of anilines is 1. The van der Waals surface area contributed by atoms with Gasteiger partial charge < -0.3 is 14.8 Å². The highest BCUT2D eigenvalue weighted by Crippen LogP contribution is 2.37. The highest BCUT2D eigenvalue weighted by molar-refractivity contribution is 9.10. The summed E-state index contributed by atoms with van der Waals surface area (Å²) >= 11 is 4.25. The predicted molar refractivity (Wildman–Crippen MR) is 161 cm³/mol. The average molecular weight is 618 g/mol. The maximum Gasteiger partial charge on any atom is 0.294 e. The number of thioether (sulfide) groups is 1. The maximum atomic E-state index is 13.3. The molecule has 1 fully saturated rings. The Morgan fingerprint density at radius 3 is 2.45 bits per heavy atom. The Labute approximate surface area is 244 Å². The van der Waals surface area contributed by atoms with Gasteiger partial charge in [0.25, 0.3) is 11.1 Å². The number of hydrogen-bond acceptors (Lipinski definition) is 6. The molecule has 1 aliphatic rings. The minimum absolute atomic E-state index is 0.226. The summed E-state index contributed by atoms with van der Waals surface area (Å²) in [5.74, 6) is 0.270. The molecule has 0 saturated carbocycles. The number of nitrogens with zero attached hydrogens (tertiary/aromatic N) is 1. The summed E-state index contributed by atoms with van der Waals surface area (Å²) in [6.07, 6.45) is 1.68. The molecule has 1 aliphatic heterocycles. The van der Waals surface area contributed by atoms with Gasteiger partial charge in [-0.3, -0.25) is 19.3 Å². The first kappa shape index (κ1) is 27.5. The van der Waals surface area contributed by atoms with Crippen molar-refractivity contribution in [3.05, 3.63) is 105 Å². The molecule has 0 radical (unpaired) electrons. The SMILES string of the molecule is CCOc1ccc(NC(=O)CN2C(=O)S/C(=C/c3c(OCc4ccc(Br)cc4)ccc4ccccc34)C2=O)cc1. The second-order valence-electron chi connectivity index (χ2n) is 8.89. The lowest BCUT2D eigenvalue weighted by Crippen LogP contribution is -2.36. The lowest BCUT2D eigenvalue weighted by molar-refractivity contribution is -0.127. The lowest BCUT2D eigenvalue weighted by atomic mass is 10.0. The maximum absolute atomic E-state index is 13.3. The number of ether oxygens (including phenoxy) is 2. The Morgan fingerprint density at radius 2 is 1.70 bits per heavy atom. The van der Waals surface area contributed by atoms with Gasteiger partial charge in [0, 0.05) is 15.7 Å². The Balaban J connectivity index is 1.35. The highest BCUT2D eigenvalue weighted by Gasteiger charge is 2.36. The average Bonchev–Trinajstić information content (AvgIpc) is 3.22. The van der Waals surface area contributed by atoms with E-state index in [0.29, 0.717) is 36.0 Å². The van der Waals surface area contributed by atoms with Crippen LogP contribution in [0.25, 0.3) is 16.8 Å². The second kappa shape index (κ2) is 12.4. The van der Waals surface area contributed by atoms with Crippen LogP contribution in [0.1, 0.15) is 18.1 Å². The van der Waals surface area contributed by atoms with Crippen molar-refractivity contribution in [1.82, 2.24) is 4.90 Å². The van der Waals surface area contributed by atoms with Crippen LogP contribution in [0, 0.1) is 0 Å². The van der Waals surface area contributed by atoms with E-state index in [-0.39, 0.29) is 4.91 Å². The number of halogens is 1. The Hall–Kier alpha value is -4.08. The first-order valence-corrected chi connectivity index (χ1v) is 14.2. The van der Waals surface area contributed by atoms with Crippen molar-refractivity contribution < 1.29 is 23.9 Å². The zero-order valence-electron chi connectivity index (χ0n) is 21.6. The van der Waals surface area contributed by atoms with Crippen LogP contribution in [-0.2, 0) is 16.2 Å². The minimum atomic E-state index is -0.524. The van der Waals surface area contributed by atoms with Crippen molar-refractivity contribution in [3.8, 4) is 11.5 Å². The fourth-order valence-corrected chi connectivity index (χ4v) is 5.29. The molecule has 0 spiro atoms. The molecule has 0 atom stereocenters. The van der Waals surface area contributed by atoms with E-state index < -0.39 is 23.6 Å². The van der Waals surface area contributed by atoms with Crippen molar-refractivity contribution in [2.45, 2.75) is 13.5 Å². The van der Waals surface area contributed by atoms with E-state index in [1.165, 1.54) is 0 Å². The zero-order valence-corrected chi connectivity index (χ0v) is 24.0. The predicted octanol–water partition coefficient (Wildman–Crippen LogP) is 7.26. The monoisotopic (exact) mass is 616 g/mol. The van der Waals surface area contributed by atoms with Crippen molar-refractivity contribution in [2.24, 2.45) is 0 Å². The van der Waals surface area contributed by atoms with E-state index in [1.54, 1.807) is 30.3 Å². The number of amides is 3. The van der Waals surface area contributed by atoms with Crippen molar-refractivity contribution >= 4 is 67.3 Å². The van der Waals surface area contributed by atoms with Gasteiger partial charge in [-0.2, -0.15) is 0 Å². The van der Waals surface area contributed by atoms with Crippen LogP contribution < -0.4 is 14.8 Å². The first-order valence-electron chi connectivity index (χ1n) is 12.6. The van der Waals surface area contributed by atoms with Gasteiger partial charge in [-0.1, -0.05) is 58.4 Å². The third kappa shape index (κ3) is 6.38. The molecule has 40 heavy (non-hydrogen) atoms. The molecular weight excluding hydrogens is 592 g/mol. The molecule has 202 valence electrons. The number of rotatable bonds is 9. The molecule has 0 unspecified atom stereocenters. The van der Waals surface area contributed by atoms with Gasteiger partial charge in [0.15, 0.2) is 0 Å². The van der Waals surface area contributed by atoms with E-state index >= 15 is 0 Å². The lowest BCUT2D eigenvalue weighted by Gasteiger charge is -2.14. The Kier molecular flexibility index (Phi) is 8.52. The van der Waals surface area contributed by atoms with E-state index in [9.17, 15) is 14.4 Å². The number of hydrogen-bond donors (Lipinski definition) is 1. The van der Waals surface area contributed by atoms with Gasteiger partial charge in [0.1, 0.15) is 24.7 Å². The first-order chi connectivity index (χ1) is 19.4. The van der Waals surface area contributed by atoms with Crippen LogP contribution in [0.15, 0.2) is 94.3 Å². The minimum Gasteiger partial charge on any atom is -0.494 e. The van der Waals surface area contributed by atoms with Crippen molar-refractivity contribution in [1.29, 1.82) is 0 Å². The van der Waals surface area contributed by atoms with Crippen molar-refractivity contribution in [3.63, 3.8) is 0 Å². The Morgan fingerprint density at radius 1 is 0.950 bits per heavy atom. The summed E-state index contributed by atoms with van der Waals surface area (Å²) in [7, 11) is 0. The fourth-order valence-electron chi connectivity index (χ4n) is 4.20. The van der Waals surface area contributed by atoms with Gasteiger partial charge in [-0.25, -0.2) is 0 Å². The molecule has 7 nitrogen and oxygen atoms in total. The van der Waals surface area contributed by atoms with Crippen LogP contribution in [-0.4, -0.2) is 35.1 Å². The van der Waals surface area contributed by atoms with E-state index in [0.717, 1.165) is 37.5 Å². The molecule has 9 heteroatoms. The molecule has 4 aromatic carbocycles. The van der Waals surface area contributed by atoms with Gasteiger partial charge in [-0.15, -0.1) is 0 Å². The third-order valence-corrected chi connectivity index (χ3v) is 7.57. The van der Waals surface area contributed by atoms with Crippen molar-refractivity contribution in [2.75, 3.05) is 18.5 Å². The molecule has 0 aromatic heterocycles. The van der Waals surface area contributed by atoms with Gasteiger partial charge >= 0.3 is 0 Å². The number of imide groups is 1. The van der Waals surface area contributed by atoms with Crippen LogP contribution in [0.4, 0.5) is 10.5 Å². The molecule has 1 saturated heterocycles. The van der Waals surface area contributed by atoms with Crippen LogP contribution in [0.3, 0.4) is 0 Å². The summed E-state index contributed by atoms with van der Waals surface area (Å²) in [4.78, 5) is 39.9. The molecule has 1 N–H and O–H groups in total. The molecular formula is C31H25BrN2O5S. The molecule has 4 aromatic rings.